The van der Waals surface area contributed by atoms with E-state index in [1.165, 1.54) is 16.7 Å². The highest BCUT2D eigenvalue weighted by Gasteiger charge is 2.43. The third-order valence-corrected chi connectivity index (χ3v) is 7.62. The fourth-order valence-corrected chi connectivity index (χ4v) is 5.61. The molecule has 5 nitrogen and oxygen atoms in total. The molecule has 1 heterocycles. The van der Waals surface area contributed by atoms with E-state index in [1.807, 2.05) is 34.9 Å². The zero-order chi connectivity index (χ0) is 24.4. The molecule has 178 valence electrons. The van der Waals surface area contributed by atoms with Crippen molar-refractivity contribution in [2.75, 3.05) is 0 Å². The van der Waals surface area contributed by atoms with Gasteiger partial charge in [-0.15, -0.1) is 10.2 Å². The van der Waals surface area contributed by atoms with Crippen LogP contribution in [0.3, 0.4) is 0 Å². The number of rotatable bonds is 8. The zero-order valence-corrected chi connectivity index (χ0v) is 21.4. The molecular formula is C27H24Cl2N4OS. The first-order chi connectivity index (χ1) is 17.0. The van der Waals surface area contributed by atoms with E-state index < -0.39 is 0 Å². The molecule has 1 aliphatic carbocycles. The molecule has 5 rings (SSSR count). The summed E-state index contributed by atoms with van der Waals surface area (Å²) in [4.78, 5) is 12.9. The normalized spacial score (nSPS) is 16.8. The highest BCUT2D eigenvalue weighted by atomic mass is 35.5. The zero-order valence-electron chi connectivity index (χ0n) is 19.1. The summed E-state index contributed by atoms with van der Waals surface area (Å²) in [6.07, 6.45) is 0.864. The highest BCUT2D eigenvalue weighted by molar-refractivity contribution is 7.98. The summed E-state index contributed by atoms with van der Waals surface area (Å²) in [6.45, 7) is 2.33. The fourth-order valence-electron chi connectivity index (χ4n) is 4.21. The molecule has 3 aromatic carbocycles. The number of aromatic nitrogens is 3. The number of benzene rings is 3. The van der Waals surface area contributed by atoms with Gasteiger partial charge in [-0.3, -0.25) is 9.36 Å². The number of carbonyl (C=O) groups excluding carboxylic acids is 1. The maximum absolute atomic E-state index is 12.9. The van der Waals surface area contributed by atoms with Gasteiger partial charge in [-0.05, 0) is 48.6 Å². The lowest BCUT2D eigenvalue weighted by molar-refractivity contribution is -0.122. The second-order valence-corrected chi connectivity index (χ2v) is 10.5. The predicted octanol–water partition coefficient (Wildman–Crippen LogP) is 6.59. The molecule has 0 radical (unpaired) electrons. The van der Waals surface area contributed by atoms with Gasteiger partial charge in [0, 0.05) is 16.7 Å². The largest absolute Gasteiger partial charge is 0.349 e. The number of hydrogen-bond donors (Lipinski definition) is 1. The summed E-state index contributed by atoms with van der Waals surface area (Å²) in [5, 5.41) is 13.6. The van der Waals surface area contributed by atoms with Crippen molar-refractivity contribution in [3.05, 3.63) is 105 Å². The molecule has 1 saturated carbocycles. The van der Waals surface area contributed by atoms with Gasteiger partial charge in [-0.2, -0.15) is 0 Å². The molecule has 35 heavy (non-hydrogen) atoms. The summed E-state index contributed by atoms with van der Waals surface area (Å²) < 4.78 is 1.90. The van der Waals surface area contributed by atoms with Crippen LogP contribution < -0.4 is 5.32 Å². The molecule has 0 aliphatic heterocycles. The topological polar surface area (TPSA) is 59.8 Å². The number of amides is 1. The number of nitrogens with one attached hydrogen (secondary N) is 1. The van der Waals surface area contributed by atoms with Crippen molar-refractivity contribution >= 4 is 40.9 Å². The van der Waals surface area contributed by atoms with Crippen LogP contribution in [0.15, 0.2) is 78.0 Å². The molecule has 2 atom stereocenters. The Labute approximate surface area is 218 Å². The lowest BCUT2D eigenvalue weighted by Gasteiger charge is -2.13. The van der Waals surface area contributed by atoms with E-state index in [4.69, 9.17) is 23.2 Å². The van der Waals surface area contributed by atoms with Crippen LogP contribution in [0.4, 0.5) is 0 Å². The molecular weight excluding hydrogens is 499 g/mol. The molecule has 1 aliphatic rings. The molecule has 1 aromatic heterocycles. The summed E-state index contributed by atoms with van der Waals surface area (Å²) in [7, 11) is 0. The van der Waals surface area contributed by atoms with Crippen LogP contribution in [-0.4, -0.2) is 20.7 Å². The Balaban J connectivity index is 1.34. The maximum Gasteiger partial charge on any atom is 0.224 e. The molecule has 1 amide bonds. The van der Waals surface area contributed by atoms with E-state index >= 15 is 0 Å². The first-order valence-electron chi connectivity index (χ1n) is 11.4. The van der Waals surface area contributed by atoms with Crippen LogP contribution >= 0.6 is 35.0 Å². The number of thioether (sulfide) groups is 1. The Morgan fingerprint density at radius 2 is 1.89 bits per heavy atom. The van der Waals surface area contributed by atoms with E-state index in [0.717, 1.165) is 17.9 Å². The predicted molar refractivity (Wildman–Crippen MR) is 141 cm³/mol. The number of halogens is 2. The standard InChI is InChI=1S/C27H24Cl2N4OS/c1-17-6-5-7-18(12-17)16-35-27-32-31-25(33(27)24-11-10-20(28)13-23(24)29)15-30-26(34)22-14-21(22)19-8-3-2-4-9-19/h2-13,21-22H,14-16H2,1H3,(H,30,34). The van der Waals surface area contributed by atoms with E-state index in [0.29, 0.717) is 21.0 Å². The molecule has 0 saturated heterocycles. The smallest absolute Gasteiger partial charge is 0.224 e. The van der Waals surface area contributed by atoms with Crippen LogP contribution in [0.1, 0.15) is 34.9 Å². The summed E-state index contributed by atoms with van der Waals surface area (Å²) in [5.74, 6) is 1.65. The van der Waals surface area contributed by atoms with Crippen LogP contribution in [0.25, 0.3) is 5.69 Å². The average Bonchev–Trinajstić information content (AvgIpc) is 3.56. The first kappa shape index (κ1) is 23.9. The minimum Gasteiger partial charge on any atom is -0.349 e. The highest BCUT2D eigenvalue weighted by Crippen LogP contribution is 2.47. The Morgan fingerprint density at radius 3 is 2.66 bits per heavy atom. The molecule has 0 bridgehead atoms. The third kappa shape index (κ3) is 5.56. The van der Waals surface area contributed by atoms with Gasteiger partial charge in [0.2, 0.25) is 5.91 Å². The Bertz CT molecular complexity index is 1360. The summed E-state index contributed by atoms with van der Waals surface area (Å²) in [5.41, 5.74) is 4.34. The van der Waals surface area contributed by atoms with Gasteiger partial charge < -0.3 is 5.32 Å². The first-order valence-corrected chi connectivity index (χ1v) is 13.1. The lowest BCUT2D eigenvalue weighted by atomic mass is 10.1. The minimum atomic E-state index is -0.0111. The monoisotopic (exact) mass is 522 g/mol. The van der Waals surface area contributed by atoms with Crippen molar-refractivity contribution in [2.45, 2.75) is 36.7 Å². The number of carbonyl (C=O) groups is 1. The molecule has 0 spiro atoms. The summed E-state index contributed by atoms with van der Waals surface area (Å²) in [6, 6.07) is 23.9. The van der Waals surface area contributed by atoms with Crippen molar-refractivity contribution in [1.82, 2.24) is 20.1 Å². The number of aryl methyl sites for hydroxylation is 1. The molecule has 1 N–H and O–H groups in total. The quantitative estimate of drug-likeness (QED) is 0.265. The van der Waals surface area contributed by atoms with Gasteiger partial charge in [-0.25, -0.2) is 0 Å². The van der Waals surface area contributed by atoms with Gasteiger partial charge in [-0.1, -0.05) is 95.1 Å². The number of hydrogen-bond acceptors (Lipinski definition) is 4. The van der Waals surface area contributed by atoms with Crippen LogP contribution in [-0.2, 0) is 17.1 Å². The van der Waals surface area contributed by atoms with Crippen LogP contribution in [0.2, 0.25) is 10.0 Å². The molecule has 4 aromatic rings. The molecule has 2 unspecified atom stereocenters. The van der Waals surface area contributed by atoms with Gasteiger partial charge in [0.15, 0.2) is 11.0 Å². The maximum atomic E-state index is 12.9. The second kappa shape index (κ2) is 10.4. The Morgan fingerprint density at radius 1 is 1.06 bits per heavy atom. The van der Waals surface area contributed by atoms with Gasteiger partial charge in [0.05, 0.1) is 17.3 Å². The van der Waals surface area contributed by atoms with Crippen molar-refractivity contribution in [3.63, 3.8) is 0 Å². The van der Waals surface area contributed by atoms with E-state index in [9.17, 15) is 4.79 Å². The number of nitrogens with zero attached hydrogens (tertiary/aromatic N) is 3. The van der Waals surface area contributed by atoms with Gasteiger partial charge in [0.1, 0.15) is 0 Å². The van der Waals surface area contributed by atoms with Crippen molar-refractivity contribution in [1.29, 1.82) is 0 Å². The average molecular weight is 523 g/mol. The lowest BCUT2D eigenvalue weighted by Crippen LogP contribution is -2.26. The Kier molecular flexibility index (Phi) is 7.14. The second-order valence-electron chi connectivity index (χ2n) is 8.68. The third-order valence-electron chi connectivity index (χ3n) is 6.08. The molecule has 1 fully saturated rings. The minimum absolute atomic E-state index is 0.0111. The van der Waals surface area contributed by atoms with E-state index in [2.05, 4.69) is 52.8 Å². The fraction of sp³-hybridized carbons (Fsp3) is 0.222. The molecule has 8 heteroatoms. The van der Waals surface area contributed by atoms with Crippen LogP contribution in [0, 0.1) is 12.8 Å². The van der Waals surface area contributed by atoms with Gasteiger partial charge in [0.25, 0.3) is 0 Å². The van der Waals surface area contributed by atoms with Crippen LogP contribution in [0.5, 0.6) is 0 Å². The SMILES string of the molecule is Cc1cccc(CSc2nnc(CNC(=O)C3CC3c3ccccc3)n2-c2ccc(Cl)cc2Cl)c1. The van der Waals surface area contributed by atoms with Crippen molar-refractivity contribution in [3.8, 4) is 5.69 Å². The van der Waals surface area contributed by atoms with Crippen molar-refractivity contribution in [2.24, 2.45) is 5.92 Å². The Hall–Kier alpha value is -2.80. The van der Waals surface area contributed by atoms with Crippen molar-refractivity contribution < 1.29 is 4.79 Å². The van der Waals surface area contributed by atoms with E-state index in [-0.39, 0.29) is 24.3 Å². The van der Waals surface area contributed by atoms with Gasteiger partial charge >= 0.3 is 0 Å². The summed E-state index contributed by atoms with van der Waals surface area (Å²) >= 11 is 14.3. The van der Waals surface area contributed by atoms with E-state index in [1.54, 1.807) is 23.9 Å².